The summed E-state index contributed by atoms with van der Waals surface area (Å²) in [5.41, 5.74) is 1.48. The molecule has 0 aliphatic carbocycles. The van der Waals surface area contributed by atoms with Gasteiger partial charge < -0.3 is 15.4 Å². The molecule has 1 aromatic carbocycles. The first-order chi connectivity index (χ1) is 12.5. The van der Waals surface area contributed by atoms with Crippen molar-refractivity contribution in [2.45, 2.75) is 19.4 Å². The zero-order valence-electron chi connectivity index (χ0n) is 14.4. The summed E-state index contributed by atoms with van der Waals surface area (Å²) in [6, 6.07) is 10.4. The molecule has 0 radical (unpaired) electrons. The highest BCUT2D eigenvalue weighted by Gasteiger charge is 2.27. The van der Waals surface area contributed by atoms with Crippen LogP contribution in [0, 0.1) is 0 Å². The van der Waals surface area contributed by atoms with E-state index in [0.29, 0.717) is 30.2 Å². The molecule has 1 unspecified atom stereocenters. The van der Waals surface area contributed by atoms with E-state index >= 15 is 0 Å². The lowest BCUT2D eigenvalue weighted by Crippen LogP contribution is -2.21. The predicted molar refractivity (Wildman–Crippen MR) is 100 cm³/mol. The quantitative estimate of drug-likeness (QED) is 0.804. The predicted octanol–water partition coefficient (Wildman–Crippen LogP) is 2.33. The van der Waals surface area contributed by atoms with Crippen LogP contribution in [0.25, 0.3) is 0 Å². The molecule has 2 heterocycles. The summed E-state index contributed by atoms with van der Waals surface area (Å²) in [6.07, 6.45) is 2.09. The second-order valence-corrected chi connectivity index (χ2v) is 8.29. The first-order valence-corrected chi connectivity index (χ1v) is 10.2. The number of nitrogens with one attached hydrogen (secondary N) is 2. The smallest absolute Gasteiger partial charge is 0.274 e. The Morgan fingerprint density at radius 1 is 1.31 bits per heavy atom. The van der Waals surface area contributed by atoms with Gasteiger partial charge in [-0.3, -0.25) is 9.78 Å². The average Bonchev–Trinajstić information content (AvgIpc) is 2.95. The summed E-state index contributed by atoms with van der Waals surface area (Å²) in [5, 5.41) is 5.96. The lowest BCUT2D eigenvalue weighted by molar-refractivity contribution is 0.102. The number of nitrogens with zero attached hydrogens (tertiary/aromatic N) is 1. The zero-order valence-corrected chi connectivity index (χ0v) is 15.3. The normalized spacial score (nSPS) is 18.3. The van der Waals surface area contributed by atoms with Crippen molar-refractivity contribution in [1.29, 1.82) is 0 Å². The molecular weight excluding hydrogens is 354 g/mol. The molecule has 1 saturated heterocycles. The van der Waals surface area contributed by atoms with Crippen molar-refractivity contribution in [2.24, 2.45) is 0 Å². The lowest BCUT2D eigenvalue weighted by atomic mass is 10.2. The molecule has 26 heavy (non-hydrogen) atoms. The van der Waals surface area contributed by atoms with Gasteiger partial charge in [0.15, 0.2) is 9.84 Å². The summed E-state index contributed by atoms with van der Waals surface area (Å²) in [6.45, 7) is 2.37. The highest BCUT2D eigenvalue weighted by atomic mass is 32.2. The minimum Gasteiger partial charge on any atom is -0.492 e. The first-order valence-electron chi connectivity index (χ1n) is 8.43. The number of aromatic nitrogens is 1. The number of para-hydroxylation sites is 2. The van der Waals surface area contributed by atoms with Crippen molar-refractivity contribution in [3.63, 3.8) is 0 Å². The Labute approximate surface area is 152 Å². The number of carbonyl (C=O) groups is 1. The number of benzene rings is 1. The second kappa shape index (κ2) is 7.74. The van der Waals surface area contributed by atoms with Crippen molar-refractivity contribution in [3.05, 3.63) is 48.3 Å². The van der Waals surface area contributed by atoms with Crippen molar-refractivity contribution in [3.8, 4) is 5.75 Å². The van der Waals surface area contributed by atoms with Gasteiger partial charge in [-0.25, -0.2) is 8.42 Å². The fraction of sp³-hybridized carbons (Fsp3) is 0.333. The Hall–Kier alpha value is -2.61. The van der Waals surface area contributed by atoms with E-state index in [-0.39, 0.29) is 29.1 Å². The summed E-state index contributed by atoms with van der Waals surface area (Å²) in [7, 11) is -2.96. The SMILES string of the molecule is CCOc1ccccc1NC(=O)c1cc(NC2CCS(=O)(=O)C2)ccn1. The Kier molecular flexibility index (Phi) is 5.41. The number of rotatable bonds is 6. The van der Waals surface area contributed by atoms with Gasteiger partial charge in [0.25, 0.3) is 5.91 Å². The van der Waals surface area contributed by atoms with Gasteiger partial charge in [-0.15, -0.1) is 0 Å². The van der Waals surface area contributed by atoms with Crippen molar-refractivity contribution < 1.29 is 17.9 Å². The van der Waals surface area contributed by atoms with Crippen LogP contribution in [-0.2, 0) is 9.84 Å². The Bertz CT molecular complexity index is 899. The minimum atomic E-state index is -2.96. The lowest BCUT2D eigenvalue weighted by Gasteiger charge is -2.14. The molecule has 138 valence electrons. The van der Waals surface area contributed by atoms with E-state index in [4.69, 9.17) is 4.74 Å². The summed E-state index contributed by atoms with van der Waals surface area (Å²) < 4.78 is 28.6. The van der Waals surface area contributed by atoms with Gasteiger partial charge in [-0.05, 0) is 37.6 Å². The Morgan fingerprint density at radius 2 is 2.12 bits per heavy atom. The van der Waals surface area contributed by atoms with Crippen LogP contribution in [0.3, 0.4) is 0 Å². The fourth-order valence-electron chi connectivity index (χ4n) is 2.83. The maximum absolute atomic E-state index is 12.5. The zero-order chi connectivity index (χ0) is 18.6. The third-order valence-electron chi connectivity index (χ3n) is 4.03. The molecule has 1 amide bonds. The molecule has 1 atom stereocenters. The maximum Gasteiger partial charge on any atom is 0.274 e. The molecule has 7 nitrogen and oxygen atoms in total. The molecule has 0 spiro atoms. The fourth-order valence-corrected chi connectivity index (χ4v) is 4.50. The van der Waals surface area contributed by atoms with E-state index in [9.17, 15) is 13.2 Å². The molecule has 8 heteroatoms. The van der Waals surface area contributed by atoms with E-state index in [1.54, 1.807) is 24.3 Å². The molecule has 1 aliphatic rings. The van der Waals surface area contributed by atoms with Gasteiger partial charge in [0.2, 0.25) is 0 Å². The molecule has 1 aliphatic heterocycles. The number of hydrogen-bond donors (Lipinski definition) is 2. The highest BCUT2D eigenvalue weighted by molar-refractivity contribution is 7.91. The number of amides is 1. The van der Waals surface area contributed by atoms with Crippen molar-refractivity contribution in [1.82, 2.24) is 4.98 Å². The van der Waals surface area contributed by atoms with E-state index < -0.39 is 9.84 Å². The molecule has 1 fully saturated rings. The molecule has 3 rings (SSSR count). The maximum atomic E-state index is 12.5. The third kappa shape index (κ3) is 4.51. The van der Waals surface area contributed by atoms with E-state index in [0.717, 1.165) is 0 Å². The summed E-state index contributed by atoms with van der Waals surface area (Å²) >= 11 is 0. The van der Waals surface area contributed by atoms with Crippen LogP contribution in [-0.4, -0.2) is 43.5 Å². The van der Waals surface area contributed by atoms with Crippen LogP contribution in [0.5, 0.6) is 5.75 Å². The van der Waals surface area contributed by atoms with E-state index in [1.807, 2.05) is 19.1 Å². The van der Waals surface area contributed by atoms with Crippen LogP contribution in [0.4, 0.5) is 11.4 Å². The Morgan fingerprint density at radius 3 is 2.85 bits per heavy atom. The molecular formula is C18H21N3O4S. The summed E-state index contributed by atoms with van der Waals surface area (Å²) in [5.74, 6) is 0.532. The van der Waals surface area contributed by atoms with Crippen LogP contribution in [0.1, 0.15) is 23.8 Å². The van der Waals surface area contributed by atoms with Crippen LogP contribution < -0.4 is 15.4 Å². The van der Waals surface area contributed by atoms with Crippen LogP contribution in [0.15, 0.2) is 42.6 Å². The third-order valence-corrected chi connectivity index (χ3v) is 5.80. The molecule has 1 aromatic heterocycles. The van der Waals surface area contributed by atoms with Gasteiger partial charge in [0.1, 0.15) is 11.4 Å². The van der Waals surface area contributed by atoms with Gasteiger partial charge >= 0.3 is 0 Å². The number of hydrogen-bond acceptors (Lipinski definition) is 6. The highest BCUT2D eigenvalue weighted by Crippen LogP contribution is 2.24. The second-order valence-electron chi connectivity index (χ2n) is 6.06. The number of anilines is 2. The molecule has 2 aromatic rings. The van der Waals surface area contributed by atoms with E-state index in [2.05, 4.69) is 15.6 Å². The molecule has 0 bridgehead atoms. The van der Waals surface area contributed by atoms with Gasteiger partial charge in [0.05, 0.1) is 23.8 Å². The molecule has 2 N–H and O–H groups in total. The van der Waals surface area contributed by atoms with Gasteiger partial charge in [-0.2, -0.15) is 0 Å². The largest absolute Gasteiger partial charge is 0.492 e. The van der Waals surface area contributed by atoms with Crippen LogP contribution >= 0.6 is 0 Å². The molecule has 0 saturated carbocycles. The van der Waals surface area contributed by atoms with Gasteiger partial charge in [0, 0.05) is 17.9 Å². The minimum absolute atomic E-state index is 0.110. The van der Waals surface area contributed by atoms with Gasteiger partial charge in [-0.1, -0.05) is 12.1 Å². The number of carbonyl (C=O) groups excluding carboxylic acids is 1. The van der Waals surface area contributed by atoms with Crippen molar-refractivity contribution >= 4 is 27.1 Å². The number of pyridine rings is 1. The summed E-state index contributed by atoms with van der Waals surface area (Å²) in [4.78, 5) is 16.6. The topological polar surface area (TPSA) is 97.4 Å². The van der Waals surface area contributed by atoms with Crippen LogP contribution in [0.2, 0.25) is 0 Å². The number of sulfone groups is 1. The average molecular weight is 375 g/mol. The first kappa shape index (κ1) is 18.2. The monoisotopic (exact) mass is 375 g/mol. The standard InChI is InChI=1S/C18H21N3O4S/c1-2-25-17-6-4-3-5-15(17)21-18(22)16-11-13(7-9-19-16)20-14-8-10-26(23,24)12-14/h3-7,9,11,14H,2,8,10,12H2,1H3,(H,19,20)(H,21,22). The number of ether oxygens (including phenoxy) is 1. The van der Waals surface area contributed by atoms with Crippen molar-refractivity contribution in [2.75, 3.05) is 28.7 Å². The van der Waals surface area contributed by atoms with E-state index in [1.165, 1.54) is 6.20 Å². The Balaban J connectivity index is 1.71.